The number of ether oxygens (including phenoxy) is 1. The molecular weight excluding hydrogens is 316 g/mol. The normalized spacial score (nSPS) is 14.0. The molecule has 1 amide bonds. The number of phenolic OH excluding ortho intramolecular Hbond substituents is 1. The third-order valence-corrected chi connectivity index (χ3v) is 4.16. The fourth-order valence-electron chi connectivity index (χ4n) is 2.89. The first-order valence-corrected chi connectivity index (χ1v) is 8.51. The van der Waals surface area contributed by atoms with Crippen molar-refractivity contribution < 1.29 is 14.6 Å². The molecule has 1 aliphatic heterocycles. The first-order valence-electron chi connectivity index (χ1n) is 8.51. The van der Waals surface area contributed by atoms with Gasteiger partial charge in [-0.05, 0) is 30.2 Å². The van der Waals surface area contributed by atoms with E-state index < -0.39 is 0 Å². The number of pyridine rings is 1. The SMILES string of the molecule is CCC=CCC(=O)N1CCOc2c(O)cc(-c3cccnc3)cc2C1. The molecule has 0 unspecified atom stereocenters. The summed E-state index contributed by atoms with van der Waals surface area (Å²) in [5, 5.41) is 10.4. The minimum atomic E-state index is 0.0624. The van der Waals surface area contributed by atoms with Gasteiger partial charge in [0.25, 0.3) is 0 Å². The first kappa shape index (κ1) is 17.0. The van der Waals surface area contributed by atoms with E-state index in [0.29, 0.717) is 31.9 Å². The van der Waals surface area contributed by atoms with Crippen LogP contribution in [0.1, 0.15) is 25.3 Å². The molecule has 0 fully saturated rings. The van der Waals surface area contributed by atoms with Crippen LogP contribution in [-0.4, -0.2) is 34.0 Å². The van der Waals surface area contributed by atoms with Crippen molar-refractivity contribution in [1.29, 1.82) is 0 Å². The molecule has 2 aromatic rings. The van der Waals surface area contributed by atoms with Gasteiger partial charge in [-0.15, -0.1) is 0 Å². The van der Waals surface area contributed by atoms with Crippen LogP contribution in [0.5, 0.6) is 11.5 Å². The van der Waals surface area contributed by atoms with Gasteiger partial charge in [0, 0.05) is 36.5 Å². The van der Waals surface area contributed by atoms with Crippen LogP contribution in [0.2, 0.25) is 0 Å². The van der Waals surface area contributed by atoms with Gasteiger partial charge in [0.05, 0.1) is 6.54 Å². The standard InChI is InChI=1S/C20H22N2O3/c1-2-3-4-7-19(24)22-9-10-25-20-17(14-22)11-16(12-18(20)23)15-6-5-8-21-13-15/h3-6,8,11-13,23H,2,7,9-10,14H2,1H3. The molecule has 3 rings (SSSR count). The molecule has 0 saturated heterocycles. The van der Waals surface area contributed by atoms with Crippen LogP contribution in [0.3, 0.4) is 0 Å². The summed E-state index contributed by atoms with van der Waals surface area (Å²) in [6.45, 7) is 3.35. The molecule has 1 N–H and O–H groups in total. The Labute approximate surface area is 147 Å². The van der Waals surface area contributed by atoms with E-state index in [1.165, 1.54) is 0 Å². The van der Waals surface area contributed by atoms with E-state index in [1.807, 2.05) is 37.3 Å². The van der Waals surface area contributed by atoms with E-state index in [1.54, 1.807) is 23.4 Å². The average Bonchev–Trinajstić information content (AvgIpc) is 2.85. The zero-order chi connectivity index (χ0) is 17.6. The van der Waals surface area contributed by atoms with Crippen molar-refractivity contribution in [2.45, 2.75) is 26.3 Å². The Balaban J connectivity index is 1.88. The van der Waals surface area contributed by atoms with Crippen molar-refractivity contribution in [3.63, 3.8) is 0 Å². The van der Waals surface area contributed by atoms with Gasteiger partial charge in [0.2, 0.25) is 5.91 Å². The molecule has 0 spiro atoms. The van der Waals surface area contributed by atoms with Crippen LogP contribution in [0.4, 0.5) is 0 Å². The van der Waals surface area contributed by atoms with Gasteiger partial charge < -0.3 is 14.7 Å². The number of nitrogens with zero attached hydrogens (tertiary/aromatic N) is 2. The van der Waals surface area contributed by atoms with Crippen LogP contribution in [0.25, 0.3) is 11.1 Å². The highest BCUT2D eigenvalue weighted by atomic mass is 16.5. The predicted octanol–water partition coefficient (Wildman–Crippen LogP) is 3.53. The zero-order valence-corrected chi connectivity index (χ0v) is 14.3. The molecule has 5 heteroatoms. The molecule has 5 nitrogen and oxygen atoms in total. The van der Waals surface area contributed by atoms with E-state index in [4.69, 9.17) is 4.74 Å². The van der Waals surface area contributed by atoms with E-state index in [9.17, 15) is 9.90 Å². The first-order chi connectivity index (χ1) is 12.2. The molecule has 0 saturated carbocycles. The van der Waals surface area contributed by atoms with Crippen molar-refractivity contribution in [3.05, 3.63) is 54.4 Å². The molecule has 0 aliphatic carbocycles. The average molecular weight is 338 g/mol. The highest BCUT2D eigenvalue weighted by molar-refractivity contribution is 5.78. The molecule has 1 aromatic carbocycles. The van der Waals surface area contributed by atoms with Gasteiger partial charge >= 0.3 is 0 Å². The molecule has 1 aliphatic rings. The minimum absolute atomic E-state index is 0.0624. The Morgan fingerprint density at radius 2 is 2.24 bits per heavy atom. The van der Waals surface area contributed by atoms with Gasteiger partial charge in [-0.25, -0.2) is 0 Å². The molecular formula is C20H22N2O3. The van der Waals surface area contributed by atoms with Gasteiger partial charge in [-0.3, -0.25) is 9.78 Å². The summed E-state index contributed by atoms with van der Waals surface area (Å²) < 4.78 is 5.70. The lowest BCUT2D eigenvalue weighted by atomic mass is 10.0. The maximum atomic E-state index is 12.4. The number of allylic oxidation sites excluding steroid dienone is 1. The lowest BCUT2D eigenvalue weighted by Gasteiger charge is -2.19. The number of rotatable bonds is 4. The van der Waals surface area contributed by atoms with Gasteiger partial charge in [0.15, 0.2) is 11.5 Å². The summed E-state index contributed by atoms with van der Waals surface area (Å²) in [5.74, 6) is 0.621. The molecule has 0 bridgehead atoms. The molecule has 25 heavy (non-hydrogen) atoms. The molecule has 1 aromatic heterocycles. The van der Waals surface area contributed by atoms with E-state index in [-0.39, 0.29) is 11.7 Å². The topological polar surface area (TPSA) is 62.7 Å². The fraction of sp³-hybridized carbons (Fsp3) is 0.300. The van der Waals surface area contributed by atoms with Crippen LogP contribution < -0.4 is 4.74 Å². The Bertz CT molecular complexity index is 772. The second-order valence-electron chi connectivity index (χ2n) is 5.97. The highest BCUT2D eigenvalue weighted by Crippen LogP contribution is 2.37. The third-order valence-electron chi connectivity index (χ3n) is 4.16. The monoisotopic (exact) mass is 338 g/mol. The lowest BCUT2D eigenvalue weighted by Crippen LogP contribution is -2.31. The maximum Gasteiger partial charge on any atom is 0.226 e. The van der Waals surface area contributed by atoms with Crippen LogP contribution in [-0.2, 0) is 11.3 Å². The van der Waals surface area contributed by atoms with Crippen molar-refractivity contribution >= 4 is 5.91 Å². The lowest BCUT2D eigenvalue weighted by molar-refractivity contribution is -0.131. The zero-order valence-electron chi connectivity index (χ0n) is 14.3. The van der Waals surface area contributed by atoms with E-state index in [0.717, 1.165) is 23.1 Å². The summed E-state index contributed by atoms with van der Waals surface area (Å²) in [4.78, 5) is 18.3. The summed E-state index contributed by atoms with van der Waals surface area (Å²) in [7, 11) is 0. The van der Waals surface area contributed by atoms with Crippen molar-refractivity contribution in [2.24, 2.45) is 0 Å². The smallest absolute Gasteiger partial charge is 0.226 e. The second kappa shape index (κ2) is 7.83. The summed E-state index contributed by atoms with van der Waals surface area (Å²) in [5.41, 5.74) is 2.57. The number of benzene rings is 1. The van der Waals surface area contributed by atoms with E-state index in [2.05, 4.69) is 4.98 Å². The van der Waals surface area contributed by atoms with Crippen molar-refractivity contribution in [2.75, 3.05) is 13.2 Å². The summed E-state index contributed by atoms with van der Waals surface area (Å²) in [6, 6.07) is 7.42. The maximum absolute atomic E-state index is 12.4. The molecule has 130 valence electrons. The summed E-state index contributed by atoms with van der Waals surface area (Å²) in [6.07, 6.45) is 8.65. The van der Waals surface area contributed by atoms with Crippen molar-refractivity contribution in [1.82, 2.24) is 9.88 Å². The van der Waals surface area contributed by atoms with E-state index >= 15 is 0 Å². The second-order valence-corrected chi connectivity index (χ2v) is 5.97. The van der Waals surface area contributed by atoms with Gasteiger partial charge in [-0.1, -0.05) is 25.1 Å². The van der Waals surface area contributed by atoms with Crippen LogP contribution in [0.15, 0.2) is 48.8 Å². The number of hydrogen-bond donors (Lipinski definition) is 1. The number of aromatic nitrogens is 1. The number of fused-ring (bicyclic) bond motifs is 1. The Morgan fingerprint density at radius 1 is 1.36 bits per heavy atom. The highest BCUT2D eigenvalue weighted by Gasteiger charge is 2.22. The molecule has 0 radical (unpaired) electrons. The molecule has 0 atom stereocenters. The number of phenols is 1. The number of carbonyl (C=O) groups is 1. The number of hydrogen-bond acceptors (Lipinski definition) is 4. The Kier molecular flexibility index (Phi) is 5.33. The predicted molar refractivity (Wildman–Crippen MR) is 96.3 cm³/mol. The fourth-order valence-corrected chi connectivity index (χ4v) is 2.89. The Morgan fingerprint density at radius 3 is 3.00 bits per heavy atom. The third kappa shape index (κ3) is 3.99. The number of carbonyl (C=O) groups excluding carboxylic acids is 1. The van der Waals surface area contributed by atoms with Crippen LogP contribution >= 0.6 is 0 Å². The van der Waals surface area contributed by atoms with Gasteiger partial charge in [0.1, 0.15) is 6.61 Å². The van der Waals surface area contributed by atoms with Gasteiger partial charge in [-0.2, -0.15) is 0 Å². The van der Waals surface area contributed by atoms with Crippen LogP contribution in [0, 0.1) is 0 Å². The summed E-state index contributed by atoms with van der Waals surface area (Å²) >= 11 is 0. The number of aromatic hydroxyl groups is 1. The van der Waals surface area contributed by atoms with Crippen molar-refractivity contribution in [3.8, 4) is 22.6 Å². The number of amides is 1. The quantitative estimate of drug-likeness (QED) is 0.866. The molecule has 2 heterocycles. The minimum Gasteiger partial charge on any atom is -0.504 e. The Hall–Kier alpha value is -2.82. The largest absolute Gasteiger partial charge is 0.504 e.